The normalized spacial score (nSPS) is 14.4. The molecule has 0 saturated heterocycles. The van der Waals surface area contributed by atoms with Crippen molar-refractivity contribution in [3.8, 4) is 0 Å². The highest BCUT2D eigenvalue weighted by atomic mass is 32.2. The number of hydrogen-bond donors (Lipinski definition) is 2. The lowest BCUT2D eigenvalue weighted by atomic mass is 10.0. The van der Waals surface area contributed by atoms with Crippen molar-refractivity contribution in [2.45, 2.75) is 31.0 Å². The van der Waals surface area contributed by atoms with Crippen molar-refractivity contribution in [2.75, 3.05) is 5.75 Å². The van der Waals surface area contributed by atoms with Crippen LogP contribution in [0.1, 0.15) is 19.0 Å². The zero-order chi connectivity index (χ0) is 12.2. The van der Waals surface area contributed by atoms with Crippen molar-refractivity contribution in [1.82, 2.24) is 9.97 Å². The maximum Gasteiger partial charge on any atom is 0.237 e. The van der Waals surface area contributed by atoms with Crippen molar-refractivity contribution < 1.29 is 4.79 Å². The Kier molecular flexibility index (Phi) is 4.26. The summed E-state index contributed by atoms with van der Waals surface area (Å²) in [6.45, 7) is 3.54. The molecule has 16 heavy (non-hydrogen) atoms. The fourth-order valence-corrected chi connectivity index (χ4v) is 2.03. The van der Waals surface area contributed by atoms with E-state index in [-0.39, 0.29) is 0 Å². The number of primary amides is 1. The molecule has 1 aromatic heterocycles. The number of rotatable bonds is 5. The van der Waals surface area contributed by atoms with Gasteiger partial charge >= 0.3 is 0 Å². The minimum atomic E-state index is -0.961. The summed E-state index contributed by atoms with van der Waals surface area (Å²) in [4.78, 5) is 19.3. The third-order valence-corrected chi connectivity index (χ3v) is 3.05. The van der Waals surface area contributed by atoms with E-state index in [0.29, 0.717) is 17.3 Å². The van der Waals surface area contributed by atoms with Gasteiger partial charge in [0, 0.05) is 17.6 Å². The maximum atomic E-state index is 11.0. The Morgan fingerprint density at radius 1 is 1.62 bits per heavy atom. The van der Waals surface area contributed by atoms with E-state index in [0.717, 1.165) is 5.69 Å². The molecule has 1 unspecified atom stereocenters. The fraction of sp³-hybridized carbons (Fsp3) is 0.500. The molecule has 6 heteroatoms. The molecule has 5 nitrogen and oxygen atoms in total. The molecule has 1 atom stereocenters. The zero-order valence-electron chi connectivity index (χ0n) is 9.43. The first kappa shape index (κ1) is 12.9. The number of hydrogen-bond acceptors (Lipinski definition) is 5. The lowest BCUT2D eigenvalue weighted by Crippen LogP contribution is -2.49. The SMILES string of the molecule is Cc1ccnc(SCCC(C)(N)C(N)=O)n1. The molecule has 1 heterocycles. The van der Waals surface area contributed by atoms with E-state index in [4.69, 9.17) is 11.5 Å². The number of carbonyl (C=O) groups is 1. The third-order valence-electron chi connectivity index (χ3n) is 2.19. The molecule has 0 spiro atoms. The Morgan fingerprint density at radius 3 is 2.88 bits per heavy atom. The van der Waals surface area contributed by atoms with Gasteiger partial charge in [-0.2, -0.15) is 0 Å². The van der Waals surface area contributed by atoms with Crippen molar-refractivity contribution in [3.63, 3.8) is 0 Å². The van der Waals surface area contributed by atoms with E-state index < -0.39 is 11.4 Å². The summed E-state index contributed by atoms with van der Waals surface area (Å²) in [6.07, 6.45) is 2.21. The van der Waals surface area contributed by atoms with E-state index in [1.165, 1.54) is 11.8 Å². The second-order valence-corrected chi connectivity index (χ2v) is 4.92. The quantitative estimate of drug-likeness (QED) is 0.576. The third kappa shape index (κ3) is 3.79. The lowest BCUT2D eigenvalue weighted by Gasteiger charge is -2.19. The van der Waals surface area contributed by atoms with Crippen molar-refractivity contribution >= 4 is 17.7 Å². The van der Waals surface area contributed by atoms with Gasteiger partial charge < -0.3 is 11.5 Å². The summed E-state index contributed by atoms with van der Waals surface area (Å²) in [5.74, 6) is 0.178. The summed E-state index contributed by atoms with van der Waals surface area (Å²) >= 11 is 1.47. The van der Waals surface area contributed by atoms with E-state index in [1.807, 2.05) is 13.0 Å². The smallest absolute Gasteiger partial charge is 0.237 e. The summed E-state index contributed by atoms with van der Waals surface area (Å²) in [5.41, 5.74) is 10.9. The van der Waals surface area contributed by atoms with Crippen LogP contribution in [-0.2, 0) is 4.79 Å². The van der Waals surface area contributed by atoms with Crippen LogP contribution in [0.5, 0.6) is 0 Å². The van der Waals surface area contributed by atoms with Gasteiger partial charge in [0.1, 0.15) is 0 Å². The van der Waals surface area contributed by atoms with Crippen LogP contribution in [0.15, 0.2) is 17.4 Å². The zero-order valence-corrected chi connectivity index (χ0v) is 10.3. The van der Waals surface area contributed by atoms with Crippen LogP contribution in [0, 0.1) is 6.92 Å². The van der Waals surface area contributed by atoms with Crippen LogP contribution < -0.4 is 11.5 Å². The Bertz CT molecular complexity index is 381. The first-order valence-corrected chi connectivity index (χ1v) is 5.91. The predicted molar refractivity (Wildman–Crippen MR) is 63.9 cm³/mol. The molecule has 0 aromatic carbocycles. The fourth-order valence-electron chi connectivity index (χ4n) is 0.973. The number of aromatic nitrogens is 2. The average Bonchev–Trinajstić information content (AvgIpc) is 2.17. The molecule has 0 aliphatic carbocycles. The first-order valence-electron chi connectivity index (χ1n) is 4.93. The molecule has 1 aromatic rings. The van der Waals surface area contributed by atoms with E-state index in [2.05, 4.69) is 9.97 Å². The van der Waals surface area contributed by atoms with E-state index >= 15 is 0 Å². The van der Waals surface area contributed by atoms with Gasteiger partial charge in [-0.15, -0.1) is 0 Å². The van der Waals surface area contributed by atoms with Crippen molar-refractivity contribution in [3.05, 3.63) is 18.0 Å². The van der Waals surface area contributed by atoms with Gasteiger partial charge in [-0.05, 0) is 26.3 Å². The van der Waals surface area contributed by atoms with Gasteiger partial charge in [0.05, 0.1) is 5.54 Å². The van der Waals surface area contributed by atoms with Gasteiger partial charge in [-0.25, -0.2) is 9.97 Å². The number of amides is 1. The standard InChI is InChI=1S/C10H16N4OS/c1-7-3-5-13-9(14-7)16-6-4-10(2,12)8(11)15/h3,5H,4,6,12H2,1-2H3,(H2,11,15). The average molecular weight is 240 g/mol. The second kappa shape index (κ2) is 5.27. The molecule has 4 N–H and O–H groups in total. The molecule has 1 amide bonds. The van der Waals surface area contributed by atoms with Crippen LogP contribution in [0.3, 0.4) is 0 Å². The summed E-state index contributed by atoms with van der Waals surface area (Å²) in [5, 5.41) is 0.695. The van der Waals surface area contributed by atoms with E-state index in [9.17, 15) is 4.79 Å². The number of nitrogens with two attached hydrogens (primary N) is 2. The molecule has 0 radical (unpaired) electrons. The van der Waals surface area contributed by atoms with Crippen LogP contribution in [0.25, 0.3) is 0 Å². The van der Waals surface area contributed by atoms with Crippen molar-refractivity contribution in [1.29, 1.82) is 0 Å². The molecule has 0 aliphatic heterocycles. The minimum Gasteiger partial charge on any atom is -0.368 e. The van der Waals surface area contributed by atoms with Gasteiger partial charge in [-0.1, -0.05) is 11.8 Å². The first-order chi connectivity index (χ1) is 7.42. The van der Waals surface area contributed by atoms with Crippen LogP contribution >= 0.6 is 11.8 Å². The van der Waals surface area contributed by atoms with Crippen LogP contribution in [0.4, 0.5) is 0 Å². The maximum absolute atomic E-state index is 11.0. The number of aryl methyl sites for hydroxylation is 1. The predicted octanol–water partition coefficient (Wildman–Crippen LogP) is 0.470. The molecule has 0 saturated carbocycles. The van der Waals surface area contributed by atoms with Gasteiger partial charge in [-0.3, -0.25) is 4.79 Å². The van der Waals surface area contributed by atoms with Gasteiger partial charge in [0.2, 0.25) is 5.91 Å². The Balaban J connectivity index is 2.45. The second-order valence-electron chi connectivity index (χ2n) is 3.86. The monoisotopic (exact) mass is 240 g/mol. The minimum absolute atomic E-state index is 0.488. The molecule has 0 bridgehead atoms. The van der Waals surface area contributed by atoms with E-state index in [1.54, 1.807) is 13.1 Å². The summed E-state index contributed by atoms with van der Waals surface area (Å²) < 4.78 is 0. The molecule has 1 rings (SSSR count). The topological polar surface area (TPSA) is 94.9 Å². The Labute approximate surface area is 99.0 Å². The highest BCUT2D eigenvalue weighted by Crippen LogP contribution is 2.17. The summed E-state index contributed by atoms with van der Waals surface area (Å²) in [7, 11) is 0. The Hall–Kier alpha value is -1.14. The molecule has 0 fully saturated rings. The Morgan fingerprint density at radius 2 is 2.31 bits per heavy atom. The highest BCUT2D eigenvalue weighted by Gasteiger charge is 2.24. The molecule has 88 valence electrons. The lowest BCUT2D eigenvalue weighted by molar-refractivity contribution is -0.122. The number of nitrogens with zero attached hydrogens (tertiary/aromatic N) is 2. The molecule has 0 aliphatic rings. The van der Waals surface area contributed by atoms with Gasteiger partial charge in [0.15, 0.2) is 5.16 Å². The number of thioether (sulfide) groups is 1. The largest absolute Gasteiger partial charge is 0.368 e. The van der Waals surface area contributed by atoms with Crippen LogP contribution in [0.2, 0.25) is 0 Å². The van der Waals surface area contributed by atoms with Crippen molar-refractivity contribution in [2.24, 2.45) is 11.5 Å². The number of carbonyl (C=O) groups excluding carboxylic acids is 1. The summed E-state index contributed by atoms with van der Waals surface area (Å²) in [6, 6.07) is 1.83. The highest BCUT2D eigenvalue weighted by molar-refractivity contribution is 7.99. The molecular weight excluding hydrogens is 224 g/mol. The van der Waals surface area contributed by atoms with Gasteiger partial charge in [0.25, 0.3) is 0 Å². The van der Waals surface area contributed by atoms with Crippen LogP contribution in [-0.4, -0.2) is 27.2 Å². The molecular formula is C10H16N4OS.